The van der Waals surface area contributed by atoms with Crippen LogP contribution < -0.4 is 0 Å². The van der Waals surface area contributed by atoms with E-state index in [1.54, 1.807) is 6.07 Å². The molecule has 4 nitrogen and oxygen atoms in total. The summed E-state index contributed by atoms with van der Waals surface area (Å²) in [4.78, 5) is 24.2. The fraction of sp³-hybridized carbons (Fsp3) is 0.429. The minimum atomic E-state index is -1.00. The molecule has 0 atom stereocenters. The van der Waals surface area contributed by atoms with E-state index in [2.05, 4.69) is 0 Å². The lowest BCUT2D eigenvalue weighted by molar-refractivity contribution is -0.144. The van der Waals surface area contributed by atoms with E-state index in [0.717, 1.165) is 17.5 Å². The van der Waals surface area contributed by atoms with E-state index in [9.17, 15) is 9.59 Å². The number of aryl methyl sites for hydroxylation is 1. The molecule has 0 aliphatic heterocycles. The molecule has 1 aromatic carbocycles. The number of halogens is 1. The van der Waals surface area contributed by atoms with Gasteiger partial charge in [0.05, 0.1) is 6.42 Å². The molecule has 104 valence electrons. The second-order valence-electron chi connectivity index (χ2n) is 4.43. The smallest absolute Gasteiger partial charge is 0.323 e. The van der Waals surface area contributed by atoms with E-state index in [0.29, 0.717) is 11.6 Å². The van der Waals surface area contributed by atoms with Crippen molar-refractivity contribution in [2.75, 3.05) is 13.1 Å². The number of carbonyl (C=O) groups excluding carboxylic acids is 1. The molecule has 5 heteroatoms. The normalized spacial score (nSPS) is 10.3. The highest BCUT2D eigenvalue weighted by Gasteiger charge is 2.17. The molecule has 0 aromatic heterocycles. The molecule has 0 bridgehead atoms. The van der Waals surface area contributed by atoms with E-state index in [1.165, 1.54) is 4.90 Å². The lowest BCUT2D eigenvalue weighted by Crippen LogP contribution is -2.37. The van der Waals surface area contributed by atoms with Gasteiger partial charge in [-0.1, -0.05) is 36.7 Å². The summed E-state index contributed by atoms with van der Waals surface area (Å²) in [6.45, 7) is 3.95. The summed E-state index contributed by atoms with van der Waals surface area (Å²) in [5, 5.41) is 9.38. The zero-order valence-corrected chi connectivity index (χ0v) is 11.9. The van der Waals surface area contributed by atoms with Crippen molar-refractivity contribution in [1.29, 1.82) is 0 Å². The first-order valence-electron chi connectivity index (χ1n) is 6.19. The van der Waals surface area contributed by atoms with Crippen LogP contribution in [-0.4, -0.2) is 35.0 Å². The van der Waals surface area contributed by atoms with Crippen LogP contribution in [0.25, 0.3) is 0 Å². The Hall–Kier alpha value is -1.55. The number of aliphatic carboxylic acids is 1. The second kappa shape index (κ2) is 7.14. The van der Waals surface area contributed by atoms with Crippen LogP contribution >= 0.6 is 11.6 Å². The van der Waals surface area contributed by atoms with Gasteiger partial charge in [-0.05, 0) is 24.5 Å². The Kier molecular flexibility index (Phi) is 5.83. The molecule has 0 unspecified atom stereocenters. The molecule has 0 saturated carbocycles. The second-order valence-corrected chi connectivity index (χ2v) is 4.81. The third kappa shape index (κ3) is 4.56. The molecule has 1 amide bonds. The van der Waals surface area contributed by atoms with Gasteiger partial charge >= 0.3 is 5.97 Å². The van der Waals surface area contributed by atoms with Gasteiger partial charge in [0, 0.05) is 11.6 Å². The largest absolute Gasteiger partial charge is 0.480 e. The number of rotatable bonds is 6. The molecule has 0 saturated heterocycles. The van der Waals surface area contributed by atoms with Crippen molar-refractivity contribution in [3.63, 3.8) is 0 Å². The predicted octanol–water partition coefficient (Wildman–Crippen LogP) is 2.51. The maximum Gasteiger partial charge on any atom is 0.323 e. The molecule has 1 N–H and O–H groups in total. The van der Waals surface area contributed by atoms with Gasteiger partial charge in [0.15, 0.2) is 0 Å². The van der Waals surface area contributed by atoms with Gasteiger partial charge in [0.1, 0.15) is 6.54 Å². The van der Waals surface area contributed by atoms with Crippen molar-refractivity contribution in [2.24, 2.45) is 0 Å². The number of carboxylic acids is 1. The Balaban J connectivity index is 2.81. The van der Waals surface area contributed by atoms with Gasteiger partial charge in [-0.15, -0.1) is 0 Å². The molecule has 1 aromatic rings. The summed E-state index contributed by atoms with van der Waals surface area (Å²) in [6, 6.07) is 5.50. The predicted molar refractivity (Wildman–Crippen MR) is 74.4 cm³/mol. The third-order valence-electron chi connectivity index (χ3n) is 2.79. The standard InChI is InChI=1S/C14H18ClNO3/c1-3-7-16(9-13(18)19)12(17)8-11-6-4-5-10(2)14(11)15/h4-6H,3,7-9H2,1-2H3,(H,18,19). The van der Waals surface area contributed by atoms with Crippen molar-refractivity contribution in [1.82, 2.24) is 4.90 Å². The van der Waals surface area contributed by atoms with Crippen LogP contribution in [0.5, 0.6) is 0 Å². The highest BCUT2D eigenvalue weighted by Crippen LogP contribution is 2.21. The fourth-order valence-electron chi connectivity index (χ4n) is 1.84. The van der Waals surface area contributed by atoms with E-state index in [-0.39, 0.29) is 18.9 Å². The van der Waals surface area contributed by atoms with Crippen molar-refractivity contribution < 1.29 is 14.7 Å². The van der Waals surface area contributed by atoms with Crippen molar-refractivity contribution in [3.05, 3.63) is 34.3 Å². The summed E-state index contributed by atoms with van der Waals surface area (Å²) in [6.07, 6.45) is 0.856. The minimum absolute atomic E-state index is 0.133. The first-order chi connectivity index (χ1) is 8.95. The highest BCUT2D eigenvalue weighted by atomic mass is 35.5. The lowest BCUT2D eigenvalue weighted by Gasteiger charge is -2.20. The number of amides is 1. The van der Waals surface area contributed by atoms with Crippen LogP contribution in [-0.2, 0) is 16.0 Å². The van der Waals surface area contributed by atoms with Gasteiger partial charge in [-0.2, -0.15) is 0 Å². The Labute approximate surface area is 118 Å². The molecular formula is C14H18ClNO3. The van der Waals surface area contributed by atoms with E-state index in [1.807, 2.05) is 26.0 Å². The highest BCUT2D eigenvalue weighted by molar-refractivity contribution is 6.32. The molecule has 0 aliphatic rings. The Morgan fingerprint density at radius 3 is 2.63 bits per heavy atom. The molecule has 0 aliphatic carbocycles. The maximum atomic E-state index is 12.1. The molecule has 0 spiro atoms. The molecule has 0 radical (unpaired) electrons. The summed E-state index contributed by atoms with van der Waals surface area (Å²) in [5.74, 6) is -1.21. The molecule has 0 fully saturated rings. The van der Waals surface area contributed by atoms with Crippen LogP contribution in [0.3, 0.4) is 0 Å². The zero-order valence-electron chi connectivity index (χ0n) is 11.1. The summed E-state index contributed by atoms with van der Waals surface area (Å²) in [7, 11) is 0. The van der Waals surface area contributed by atoms with E-state index >= 15 is 0 Å². The van der Waals surface area contributed by atoms with Gasteiger partial charge in [0.2, 0.25) is 5.91 Å². The third-order valence-corrected chi connectivity index (χ3v) is 3.33. The first kappa shape index (κ1) is 15.5. The number of carbonyl (C=O) groups is 2. The quantitative estimate of drug-likeness (QED) is 0.873. The molecule has 19 heavy (non-hydrogen) atoms. The monoisotopic (exact) mass is 283 g/mol. The number of hydrogen-bond donors (Lipinski definition) is 1. The molecule has 0 heterocycles. The Morgan fingerprint density at radius 1 is 1.37 bits per heavy atom. The van der Waals surface area contributed by atoms with Crippen LogP contribution in [0.1, 0.15) is 24.5 Å². The van der Waals surface area contributed by atoms with Crippen LogP contribution in [0.4, 0.5) is 0 Å². The number of nitrogens with zero attached hydrogens (tertiary/aromatic N) is 1. The van der Waals surface area contributed by atoms with Crippen molar-refractivity contribution >= 4 is 23.5 Å². The van der Waals surface area contributed by atoms with Gasteiger partial charge < -0.3 is 10.0 Å². The van der Waals surface area contributed by atoms with E-state index in [4.69, 9.17) is 16.7 Å². The fourth-order valence-corrected chi connectivity index (χ4v) is 2.04. The van der Waals surface area contributed by atoms with Crippen molar-refractivity contribution in [3.8, 4) is 0 Å². The number of carboxylic acid groups (broad SMARTS) is 1. The average molecular weight is 284 g/mol. The molecule has 1 rings (SSSR count). The van der Waals surface area contributed by atoms with Gasteiger partial charge in [-0.3, -0.25) is 9.59 Å². The topological polar surface area (TPSA) is 57.6 Å². The van der Waals surface area contributed by atoms with Crippen molar-refractivity contribution in [2.45, 2.75) is 26.7 Å². The summed E-state index contributed by atoms with van der Waals surface area (Å²) in [5.41, 5.74) is 1.64. The van der Waals surface area contributed by atoms with Crippen LogP contribution in [0, 0.1) is 6.92 Å². The van der Waals surface area contributed by atoms with Crippen LogP contribution in [0.15, 0.2) is 18.2 Å². The van der Waals surface area contributed by atoms with E-state index < -0.39 is 5.97 Å². The SMILES string of the molecule is CCCN(CC(=O)O)C(=O)Cc1cccc(C)c1Cl. The maximum absolute atomic E-state index is 12.1. The Morgan fingerprint density at radius 2 is 2.05 bits per heavy atom. The summed E-state index contributed by atoms with van der Waals surface area (Å²) >= 11 is 6.14. The summed E-state index contributed by atoms with van der Waals surface area (Å²) < 4.78 is 0. The van der Waals surface area contributed by atoms with Gasteiger partial charge in [0.25, 0.3) is 0 Å². The number of hydrogen-bond acceptors (Lipinski definition) is 2. The lowest BCUT2D eigenvalue weighted by atomic mass is 10.1. The minimum Gasteiger partial charge on any atom is -0.480 e. The Bertz CT molecular complexity index is 474. The zero-order chi connectivity index (χ0) is 14.4. The number of benzene rings is 1. The molecular weight excluding hydrogens is 266 g/mol. The van der Waals surface area contributed by atoms with Crippen LogP contribution in [0.2, 0.25) is 5.02 Å². The average Bonchev–Trinajstić information content (AvgIpc) is 2.34. The van der Waals surface area contributed by atoms with Gasteiger partial charge in [-0.25, -0.2) is 0 Å². The first-order valence-corrected chi connectivity index (χ1v) is 6.57.